The number of nitrogens with zero attached hydrogens (tertiary/aromatic N) is 4. The topological polar surface area (TPSA) is 97.6 Å². The Balaban J connectivity index is 2.16. The smallest absolute Gasteiger partial charge is 0.273 e. The van der Waals surface area contributed by atoms with Gasteiger partial charge in [0.1, 0.15) is 17.7 Å². The van der Waals surface area contributed by atoms with Crippen molar-refractivity contribution >= 4 is 16.9 Å². The predicted octanol–water partition coefficient (Wildman–Crippen LogP) is 2.24. The van der Waals surface area contributed by atoms with Gasteiger partial charge in [-0.3, -0.25) is 10.1 Å². The maximum Gasteiger partial charge on any atom is 0.273 e. The largest absolute Gasteiger partial charge is 0.335 e. The van der Waals surface area contributed by atoms with Crippen molar-refractivity contribution in [1.82, 2.24) is 19.9 Å². The van der Waals surface area contributed by atoms with Gasteiger partial charge in [-0.15, -0.1) is 0 Å². The molecule has 1 N–H and O–H groups in total. The van der Waals surface area contributed by atoms with Gasteiger partial charge in [-0.1, -0.05) is 12.1 Å². The van der Waals surface area contributed by atoms with E-state index in [1.165, 1.54) is 12.4 Å². The van der Waals surface area contributed by atoms with Gasteiger partial charge in [0, 0.05) is 17.2 Å². The summed E-state index contributed by atoms with van der Waals surface area (Å²) in [4.78, 5) is 25.8. The summed E-state index contributed by atoms with van der Waals surface area (Å²) in [5.74, 6) is 0.540. The molecule has 0 saturated heterocycles. The molecule has 3 aromatic rings. The van der Waals surface area contributed by atoms with Crippen LogP contribution < -0.4 is 0 Å². The van der Waals surface area contributed by atoms with Crippen LogP contribution in [0.4, 0.5) is 5.69 Å². The van der Waals surface area contributed by atoms with Crippen LogP contribution in [-0.2, 0) is 0 Å². The maximum absolute atomic E-state index is 10.9. The fourth-order valence-electron chi connectivity index (χ4n) is 1.85. The van der Waals surface area contributed by atoms with Crippen LogP contribution in [0.2, 0.25) is 0 Å². The fourth-order valence-corrected chi connectivity index (χ4v) is 1.85. The summed E-state index contributed by atoms with van der Waals surface area (Å²) in [6, 6.07) is 4.99. The Morgan fingerprint density at radius 2 is 2.21 bits per heavy atom. The molecule has 1 aromatic carbocycles. The highest BCUT2D eigenvalue weighted by molar-refractivity contribution is 5.75. The third kappa shape index (κ3) is 1.90. The van der Waals surface area contributed by atoms with Crippen molar-refractivity contribution in [3.05, 3.63) is 46.4 Å². The lowest BCUT2D eigenvalue weighted by Gasteiger charge is -1.99. The summed E-state index contributed by atoms with van der Waals surface area (Å²) >= 11 is 0. The van der Waals surface area contributed by atoms with Crippen molar-refractivity contribution in [2.75, 3.05) is 0 Å². The lowest BCUT2D eigenvalue weighted by atomic mass is 10.1. The molecule has 0 radical (unpaired) electrons. The fraction of sp³-hybridized carbons (Fsp3) is 0.0833. The molecule has 2 aromatic heterocycles. The third-order valence-electron chi connectivity index (χ3n) is 2.84. The van der Waals surface area contributed by atoms with Crippen LogP contribution >= 0.6 is 0 Å². The van der Waals surface area contributed by atoms with Gasteiger partial charge in [-0.25, -0.2) is 15.0 Å². The van der Waals surface area contributed by atoms with E-state index in [1.807, 2.05) is 0 Å². The first-order chi connectivity index (χ1) is 9.15. The van der Waals surface area contributed by atoms with E-state index in [1.54, 1.807) is 25.3 Å². The molecule has 0 aliphatic rings. The summed E-state index contributed by atoms with van der Waals surface area (Å²) in [6.45, 7) is 1.70. The van der Waals surface area contributed by atoms with E-state index in [9.17, 15) is 10.1 Å². The van der Waals surface area contributed by atoms with Crippen LogP contribution in [0.5, 0.6) is 0 Å². The Morgan fingerprint density at radius 3 is 2.95 bits per heavy atom. The number of nitrogens with one attached hydrogen (secondary N) is 1. The molecule has 0 aliphatic carbocycles. The van der Waals surface area contributed by atoms with Crippen LogP contribution in [0.1, 0.15) is 5.56 Å². The molecule has 0 saturated carbocycles. The summed E-state index contributed by atoms with van der Waals surface area (Å²) in [7, 11) is 0. The molecule has 0 spiro atoms. The molecule has 0 aliphatic heterocycles. The third-order valence-corrected chi connectivity index (χ3v) is 2.84. The first kappa shape index (κ1) is 11.3. The van der Waals surface area contributed by atoms with Crippen LogP contribution in [0.25, 0.3) is 22.6 Å². The van der Waals surface area contributed by atoms with Gasteiger partial charge in [-0.2, -0.15) is 0 Å². The Bertz CT molecular complexity index is 748. The second-order valence-corrected chi connectivity index (χ2v) is 4.10. The molecule has 94 valence electrons. The molecule has 0 fully saturated rings. The van der Waals surface area contributed by atoms with E-state index in [-0.39, 0.29) is 5.69 Å². The van der Waals surface area contributed by atoms with Crippen molar-refractivity contribution in [3.8, 4) is 11.4 Å². The lowest BCUT2D eigenvalue weighted by Crippen LogP contribution is -1.92. The van der Waals surface area contributed by atoms with Crippen LogP contribution in [0.15, 0.2) is 30.7 Å². The molecular weight excluding hydrogens is 246 g/mol. The molecule has 0 atom stereocenters. The van der Waals surface area contributed by atoms with Crippen molar-refractivity contribution in [1.29, 1.82) is 0 Å². The Morgan fingerprint density at radius 1 is 1.37 bits per heavy atom. The van der Waals surface area contributed by atoms with Gasteiger partial charge < -0.3 is 4.98 Å². The number of nitro groups is 1. The van der Waals surface area contributed by atoms with Gasteiger partial charge >= 0.3 is 0 Å². The number of fused-ring (bicyclic) bond motifs is 1. The highest BCUT2D eigenvalue weighted by atomic mass is 16.6. The number of aromatic nitrogens is 4. The summed E-state index contributed by atoms with van der Waals surface area (Å²) in [5, 5.41) is 10.9. The number of imidazole rings is 1. The molecule has 7 nitrogen and oxygen atoms in total. The zero-order valence-electron chi connectivity index (χ0n) is 9.99. The number of hydrogen-bond acceptors (Lipinski definition) is 5. The molecule has 0 bridgehead atoms. The number of hydrogen-bond donors (Lipinski definition) is 1. The summed E-state index contributed by atoms with van der Waals surface area (Å²) < 4.78 is 0. The zero-order valence-corrected chi connectivity index (χ0v) is 9.99. The molecule has 19 heavy (non-hydrogen) atoms. The van der Waals surface area contributed by atoms with E-state index in [2.05, 4.69) is 19.9 Å². The molecule has 0 unspecified atom stereocenters. The van der Waals surface area contributed by atoms with Gasteiger partial charge in [0.05, 0.1) is 11.1 Å². The molecule has 2 heterocycles. The zero-order chi connectivity index (χ0) is 13.4. The Labute approximate surface area is 107 Å². The highest BCUT2D eigenvalue weighted by Gasteiger charge is 2.14. The Kier molecular flexibility index (Phi) is 2.45. The van der Waals surface area contributed by atoms with E-state index in [4.69, 9.17) is 0 Å². The minimum atomic E-state index is -0.401. The van der Waals surface area contributed by atoms with Crippen molar-refractivity contribution in [2.45, 2.75) is 6.92 Å². The molecule has 3 rings (SSSR count). The van der Waals surface area contributed by atoms with Gasteiger partial charge in [-0.05, 0) is 6.92 Å². The number of benzene rings is 1. The van der Waals surface area contributed by atoms with E-state index < -0.39 is 4.92 Å². The van der Waals surface area contributed by atoms with Crippen molar-refractivity contribution in [2.24, 2.45) is 0 Å². The average Bonchev–Trinajstić information content (AvgIpc) is 2.82. The SMILES string of the molecule is Cc1ccc(-c2nc3ncncc3[nH]2)cc1[N+](=O)[O-]. The van der Waals surface area contributed by atoms with Crippen LogP contribution in [0.3, 0.4) is 0 Å². The number of H-pyrrole nitrogens is 1. The van der Waals surface area contributed by atoms with Gasteiger partial charge in [0.2, 0.25) is 0 Å². The van der Waals surface area contributed by atoms with Crippen LogP contribution in [0, 0.1) is 17.0 Å². The number of aromatic amines is 1. The molecule has 7 heteroatoms. The maximum atomic E-state index is 10.9. The molecule has 0 amide bonds. The number of aryl methyl sites for hydroxylation is 1. The first-order valence-electron chi connectivity index (χ1n) is 5.56. The highest BCUT2D eigenvalue weighted by Crippen LogP contribution is 2.25. The lowest BCUT2D eigenvalue weighted by molar-refractivity contribution is -0.385. The average molecular weight is 255 g/mol. The summed E-state index contributed by atoms with van der Waals surface area (Å²) in [5.41, 5.74) is 2.57. The van der Waals surface area contributed by atoms with E-state index in [0.29, 0.717) is 28.1 Å². The standard InChI is InChI=1S/C12H9N5O2/c1-7-2-3-8(4-10(7)17(18)19)11-15-9-5-13-6-14-12(9)16-11/h2-6H,1H3,(H,13,14,15,16). The second-order valence-electron chi connectivity index (χ2n) is 4.10. The van der Waals surface area contributed by atoms with Gasteiger partial charge in [0.25, 0.3) is 5.69 Å². The molecular formula is C12H9N5O2. The van der Waals surface area contributed by atoms with Crippen molar-refractivity contribution < 1.29 is 4.92 Å². The monoisotopic (exact) mass is 255 g/mol. The van der Waals surface area contributed by atoms with Crippen molar-refractivity contribution in [3.63, 3.8) is 0 Å². The number of nitro benzene ring substituents is 1. The van der Waals surface area contributed by atoms with Gasteiger partial charge in [0.15, 0.2) is 5.65 Å². The minimum Gasteiger partial charge on any atom is -0.335 e. The predicted molar refractivity (Wildman–Crippen MR) is 68.5 cm³/mol. The normalized spacial score (nSPS) is 10.8. The van der Waals surface area contributed by atoms with E-state index in [0.717, 1.165) is 0 Å². The quantitative estimate of drug-likeness (QED) is 0.559. The van der Waals surface area contributed by atoms with Crippen LogP contribution in [-0.4, -0.2) is 24.9 Å². The number of rotatable bonds is 2. The second kappa shape index (κ2) is 4.13. The Hall–Kier alpha value is -2.83. The van der Waals surface area contributed by atoms with E-state index >= 15 is 0 Å². The summed E-state index contributed by atoms with van der Waals surface area (Å²) in [6.07, 6.45) is 3.02. The minimum absolute atomic E-state index is 0.0732. The first-order valence-corrected chi connectivity index (χ1v) is 5.56.